The molecule has 23 heavy (non-hydrogen) atoms. The van der Waals surface area contributed by atoms with Crippen LogP contribution in [0.5, 0.6) is 0 Å². The van der Waals surface area contributed by atoms with Crippen molar-refractivity contribution in [2.45, 2.75) is 18.4 Å². The minimum atomic E-state index is -3.49. The van der Waals surface area contributed by atoms with Crippen LogP contribution < -0.4 is 4.72 Å². The standard InChI is InChI=1S/C17H20N2O3S/c1-13-4-6-14(7-5-13)12-19(3)17(20)15-8-10-16(11-9-15)23(21,22)18-2/h4-11,18H,12H2,1-3H3. The lowest BCUT2D eigenvalue weighted by atomic mass is 10.1. The van der Waals surface area contributed by atoms with Crippen molar-refractivity contribution in [3.63, 3.8) is 0 Å². The van der Waals surface area contributed by atoms with E-state index in [-0.39, 0.29) is 10.8 Å². The maximum atomic E-state index is 12.4. The monoisotopic (exact) mass is 332 g/mol. The third-order valence-electron chi connectivity index (χ3n) is 3.57. The Morgan fingerprint density at radius 2 is 1.61 bits per heavy atom. The number of sulfonamides is 1. The third kappa shape index (κ3) is 4.18. The summed E-state index contributed by atoms with van der Waals surface area (Å²) in [5.74, 6) is -0.154. The summed E-state index contributed by atoms with van der Waals surface area (Å²) in [4.78, 5) is 14.1. The lowest BCUT2D eigenvalue weighted by molar-refractivity contribution is 0.0785. The highest BCUT2D eigenvalue weighted by Gasteiger charge is 2.15. The largest absolute Gasteiger partial charge is 0.337 e. The van der Waals surface area contributed by atoms with Gasteiger partial charge in [0, 0.05) is 19.2 Å². The van der Waals surface area contributed by atoms with E-state index in [4.69, 9.17) is 0 Å². The molecule has 0 aromatic heterocycles. The maximum absolute atomic E-state index is 12.4. The molecular formula is C17H20N2O3S. The van der Waals surface area contributed by atoms with Crippen LogP contribution in [0.3, 0.4) is 0 Å². The van der Waals surface area contributed by atoms with Crippen LogP contribution in [0.1, 0.15) is 21.5 Å². The summed E-state index contributed by atoms with van der Waals surface area (Å²) >= 11 is 0. The molecule has 0 unspecified atom stereocenters. The van der Waals surface area contributed by atoms with Gasteiger partial charge in [0.15, 0.2) is 0 Å². The molecule has 0 heterocycles. The Labute approximate surface area is 137 Å². The van der Waals surface area contributed by atoms with E-state index in [0.717, 1.165) is 5.56 Å². The molecule has 0 bridgehead atoms. The van der Waals surface area contributed by atoms with Gasteiger partial charge >= 0.3 is 0 Å². The van der Waals surface area contributed by atoms with Crippen LogP contribution >= 0.6 is 0 Å². The Morgan fingerprint density at radius 3 is 2.13 bits per heavy atom. The molecule has 6 heteroatoms. The zero-order valence-corrected chi connectivity index (χ0v) is 14.2. The highest BCUT2D eigenvalue weighted by molar-refractivity contribution is 7.89. The van der Waals surface area contributed by atoms with Gasteiger partial charge in [0.25, 0.3) is 5.91 Å². The van der Waals surface area contributed by atoms with Gasteiger partial charge in [-0.1, -0.05) is 29.8 Å². The van der Waals surface area contributed by atoms with Crippen molar-refractivity contribution in [1.29, 1.82) is 0 Å². The van der Waals surface area contributed by atoms with Gasteiger partial charge in [-0.15, -0.1) is 0 Å². The molecule has 0 spiro atoms. The second kappa shape index (κ2) is 6.93. The number of rotatable bonds is 5. The number of aryl methyl sites for hydroxylation is 1. The van der Waals surface area contributed by atoms with E-state index in [0.29, 0.717) is 12.1 Å². The summed E-state index contributed by atoms with van der Waals surface area (Å²) in [6.07, 6.45) is 0. The molecule has 2 aromatic carbocycles. The molecule has 5 nitrogen and oxygen atoms in total. The fourth-order valence-corrected chi connectivity index (χ4v) is 2.88. The molecule has 1 N–H and O–H groups in total. The quantitative estimate of drug-likeness (QED) is 0.912. The Hall–Kier alpha value is -2.18. The average Bonchev–Trinajstić information content (AvgIpc) is 2.56. The van der Waals surface area contributed by atoms with Crippen LogP contribution in [-0.4, -0.2) is 33.3 Å². The predicted molar refractivity (Wildman–Crippen MR) is 89.7 cm³/mol. The first-order valence-electron chi connectivity index (χ1n) is 7.18. The number of carbonyl (C=O) groups excluding carboxylic acids is 1. The topological polar surface area (TPSA) is 66.5 Å². The molecule has 2 aromatic rings. The number of nitrogens with one attached hydrogen (secondary N) is 1. The summed E-state index contributed by atoms with van der Waals surface area (Å²) in [5, 5.41) is 0. The molecule has 0 saturated heterocycles. The highest BCUT2D eigenvalue weighted by Crippen LogP contribution is 2.13. The SMILES string of the molecule is CNS(=O)(=O)c1ccc(C(=O)N(C)Cc2ccc(C)cc2)cc1. The maximum Gasteiger partial charge on any atom is 0.253 e. The molecule has 0 radical (unpaired) electrons. The van der Waals surface area contributed by atoms with Gasteiger partial charge in [-0.25, -0.2) is 13.1 Å². The molecule has 0 saturated carbocycles. The van der Waals surface area contributed by atoms with Crippen molar-refractivity contribution in [3.8, 4) is 0 Å². The summed E-state index contributed by atoms with van der Waals surface area (Å²) in [7, 11) is -0.415. The summed E-state index contributed by atoms with van der Waals surface area (Å²) < 4.78 is 25.6. The molecule has 0 atom stereocenters. The van der Waals surface area contributed by atoms with E-state index in [1.807, 2.05) is 31.2 Å². The number of benzene rings is 2. The van der Waals surface area contributed by atoms with Crippen molar-refractivity contribution >= 4 is 15.9 Å². The Bertz CT molecular complexity index is 782. The minimum absolute atomic E-state index is 0.137. The number of hydrogen-bond acceptors (Lipinski definition) is 3. The molecule has 2 rings (SSSR count). The van der Waals surface area contributed by atoms with Crippen LogP contribution in [0, 0.1) is 6.92 Å². The van der Waals surface area contributed by atoms with E-state index in [1.54, 1.807) is 11.9 Å². The lowest BCUT2D eigenvalue weighted by Gasteiger charge is -2.17. The van der Waals surface area contributed by atoms with Crippen LogP contribution in [0.2, 0.25) is 0 Å². The van der Waals surface area contributed by atoms with E-state index in [1.165, 1.54) is 36.9 Å². The van der Waals surface area contributed by atoms with Crippen molar-refractivity contribution in [1.82, 2.24) is 9.62 Å². The van der Waals surface area contributed by atoms with Gasteiger partial charge in [0.2, 0.25) is 10.0 Å². The predicted octanol–water partition coefficient (Wildman–Crippen LogP) is 2.18. The molecule has 0 aliphatic heterocycles. The minimum Gasteiger partial charge on any atom is -0.337 e. The molecule has 122 valence electrons. The van der Waals surface area contributed by atoms with Crippen molar-refractivity contribution < 1.29 is 13.2 Å². The van der Waals surface area contributed by atoms with Crippen LogP contribution in [-0.2, 0) is 16.6 Å². The average molecular weight is 332 g/mol. The van der Waals surface area contributed by atoms with Crippen LogP contribution in [0.4, 0.5) is 0 Å². The Morgan fingerprint density at radius 1 is 1.04 bits per heavy atom. The molecule has 0 aliphatic rings. The fourth-order valence-electron chi connectivity index (χ4n) is 2.15. The third-order valence-corrected chi connectivity index (χ3v) is 5.00. The second-order valence-electron chi connectivity index (χ2n) is 5.38. The second-order valence-corrected chi connectivity index (χ2v) is 7.27. The summed E-state index contributed by atoms with van der Waals surface area (Å²) in [6.45, 7) is 2.51. The van der Waals surface area contributed by atoms with Gasteiger partial charge in [0.05, 0.1) is 4.90 Å². The van der Waals surface area contributed by atoms with Gasteiger partial charge in [-0.3, -0.25) is 4.79 Å². The number of amides is 1. The van der Waals surface area contributed by atoms with E-state index < -0.39 is 10.0 Å². The zero-order chi connectivity index (χ0) is 17.0. The number of hydrogen-bond donors (Lipinski definition) is 1. The van der Waals surface area contributed by atoms with E-state index in [9.17, 15) is 13.2 Å². The smallest absolute Gasteiger partial charge is 0.253 e. The summed E-state index contributed by atoms with van der Waals surface area (Å²) in [6, 6.07) is 13.9. The van der Waals surface area contributed by atoms with Gasteiger partial charge in [-0.05, 0) is 43.8 Å². The molecule has 0 fully saturated rings. The van der Waals surface area contributed by atoms with E-state index in [2.05, 4.69) is 4.72 Å². The van der Waals surface area contributed by atoms with Crippen molar-refractivity contribution in [3.05, 3.63) is 65.2 Å². The Kier molecular flexibility index (Phi) is 5.18. The lowest BCUT2D eigenvalue weighted by Crippen LogP contribution is -2.26. The fraction of sp³-hybridized carbons (Fsp3) is 0.235. The zero-order valence-electron chi connectivity index (χ0n) is 13.4. The Balaban J connectivity index is 2.12. The van der Waals surface area contributed by atoms with Crippen molar-refractivity contribution in [2.75, 3.05) is 14.1 Å². The number of nitrogens with zero attached hydrogens (tertiary/aromatic N) is 1. The van der Waals surface area contributed by atoms with E-state index >= 15 is 0 Å². The molecule has 0 aliphatic carbocycles. The normalized spacial score (nSPS) is 11.3. The number of carbonyl (C=O) groups is 1. The van der Waals surface area contributed by atoms with Gasteiger partial charge in [0.1, 0.15) is 0 Å². The first kappa shape index (κ1) is 17.2. The van der Waals surface area contributed by atoms with Crippen LogP contribution in [0.25, 0.3) is 0 Å². The first-order chi connectivity index (χ1) is 10.8. The highest BCUT2D eigenvalue weighted by atomic mass is 32.2. The summed E-state index contributed by atoms with van der Waals surface area (Å²) in [5.41, 5.74) is 2.67. The van der Waals surface area contributed by atoms with Gasteiger partial charge < -0.3 is 4.90 Å². The first-order valence-corrected chi connectivity index (χ1v) is 8.66. The molecule has 1 amide bonds. The van der Waals surface area contributed by atoms with Crippen molar-refractivity contribution in [2.24, 2.45) is 0 Å². The van der Waals surface area contributed by atoms with Crippen LogP contribution in [0.15, 0.2) is 53.4 Å². The van der Waals surface area contributed by atoms with Gasteiger partial charge in [-0.2, -0.15) is 0 Å². The molecular weight excluding hydrogens is 312 g/mol.